The number of ether oxygens (including phenoxy) is 2. The number of fused-ring (bicyclic) bond motifs is 1. The summed E-state index contributed by atoms with van der Waals surface area (Å²) in [5.74, 6) is -0.0529. The molecule has 0 aliphatic carbocycles. The highest BCUT2D eigenvalue weighted by Crippen LogP contribution is 2.39. The second-order valence-corrected chi connectivity index (χ2v) is 7.03. The summed E-state index contributed by atoms with van der Waals surface area (Å²) >= 11 is 0. The van der Waals surface area contributed by atoms with Gasteiger partial charge in [-0.05, 0) is 29.8 Å². The number of H-pyrrole nitrogens is 1. The van der Waals surface area contributed by atoms with Crippen molar-refractivity contribution >= 4 is 16.6 Å². The summed E-state index contributed by atoms with van der Waals surface area (Å²) in [5.41, 5.74) is 2.20. The van der Waals surface area contributed by atoms with Crippen molar-refractivity contribution in [3.63, 3.8) is 0 Å². The number of methoxy groups -OCH3 is 2. The van der Waals surface area contributed by atoms with Crippen molar-refractivity contribution in [2.24, 2.45) is 0 Å². The number of halogens is 2. The number of aromatic nitrogens is 3. The van der Waals surface area contributed by atoms with Crippen molar-refractivity contribution in [2.75, 3.05) is 26.6 Å². The molecular formula is C23H20F2N4O3. The molecule has 4 aromatic rings. The molecule has 0 amide bonds. The fraction of sp³-hybridized carbons (Fsp3) is 0.174. The maximum Gasteiger partial charge on any atom is 0.258 e. The number of nitrogens with zero attached hydrogens (tertiary/aromatic N) is 2. The first-order chi connectivity index (χ1) is 15.4. The first kappa shape index (κ1) is 21.2. The minimum absolute atomic E-state index is 0.299. The maximum atomic E-state index is 13.5. The van der Waals surface area contributed by atoms with Crippen molar-refractivity contribution in [3.8, 4) is 22.8 Å². The molecule has 2 N–H and O–H groups in total. The van der Waals surface area contributed by atoms with Crippen LogP contribution in [0.2, 0.25) is 0 Å². The van der Waals surface area contributed by atoms with E-state index >= 15 is 0 Å². The lowest BCUT2D eigenvalue weighted by Gasteiger charge is -2.15. The highest BCUT2D eigenvalue weighted by atomic mass is 19.1. The molecule has 0 radical (unpaired) electrons. The Bertz CT molecular complexity index is 1330. The standard InChI is InChI=1S/C23H20F2N4O3/c1-26-21-20-16(10-18(31-2)22(21)32-3)23(30)29-19(28-20)6-12-4-5-17(27-11-12)13-7-14(24)9-15(25)8-13/h4-5,7-11,26H,6H2,1-3H3,(H,28,29,30). The van der Waals surface area contributed by atoms with Crippen LogP contribution in [0.25, 0.3) is 22.2 Å². The van der Waals surface area contributed by atoms with Crippen LogP contribution < -0.4 is 20.3 Å². The number of hydrogen-bond donors (Lipinski definition) is 2. The van der Waals surface area contributed by atoms with Crippen molar-refractivity contribution in [1.29, 1.82) is 0 Å². The van der Waals surface area contributed by atoms with Crippen LogP contribution in [0.1, 0.15) is 11.4 Å². The van der Waals surface area contributed by atoms with E-state index in [0.717, 1.165) is 11.6 Å². The molecule has 2 heterocycles. The Balaban J connectivity index is 1.71. The average molecular weight is 438 g/mol. The Morgan fingerprint density at radius 2 is 1.81 bits per heavy atom. The topological polar surface area (TPSA) is 89.1 Å². The van der Waals surface area contributed by atoms with Gasteiger partial charge in [0.05, 0.1) is 25.3 Å². The largest absolute Gasteiger partial charge is 0.493 e. The van der Waals surface area contributed by atoms with E-state index in [-0.39, 0.29) is 5.56 Å². The number of anilines is 1. The Labute approximate surface area is 182 Å². The van der Waals surface area contributed by atoms with E-state index in [9.17, 15) is 13.6 Å². The van der Waals surface area contributed by atoms with E-state index in [4.69, 9.17) is 9.47 Å². The second-order valence-electron chi connectivity index (χ2n) is 7.03. The second kappa shape index (κ2) is 8.62. The molecule has 7 nitrogen and oxygen atoms in total. The van der Waals surface area contributed by atoms with Gasteiger partial charge in [0.15, 0.2) is 11.5 Å². The molecular weight excluding hydrogens is 418 g/mol. The predicted octanol–water partition coefficient (Wildman–Crippen LogP) is 3.91. The molecule has 0 saturated carbocycles. The molecule has 0 bridgehead atoms. The van der Waals surface area contributed by atoms with Crippen LogP contribution in [0.4, 0.5) is 14.5 Å². The van der Waals surface area contributed by atoms with Gasteiger partial charge in [-0.25, -0.2) is 13.8 Å². The lowest BCUT2D eigenvalue weighted by Crippen LogP contribution is -2.14. The third-order valence-corrected chi connectivity index (χ3v) is 5.00. The SMILES string of the molecule is CNc1c(OC)c(OC)cc2c(=O)[nH]c(Cc3ccc(-c4cc(F)cc(F)c4)nc3)nc12. The fourth-order valence-electron chi connectivity index (χ4n) is 3.55. The molecule has 0 spiro atoms. The molecule has 0 aliphatic rings. The summed E-state index contributed by atoms with van der Waals surface area (Å²) in [6.45, 7) is 0. The van der Waals surface area contributed by atoms with Gasteiger partial charge in [0, 0.05) is 31.3 Å². The average Bonchev–Trinajstić information content (AvgIpc) is 2.77. The number of benzene rings is 2. The van der Waals surface area contributed by atoms with Crippen molar-refractivity contribution < 1.29 is 18.3 Å². The van der Waals surface area contributed by atoms with Crippen molar-refractivity contribution in [1.82, 2.24) is 15.0 Å². The Morgan fingerprint density at radius 1 is 1.06 bits per heavy atom. The third-order valence-electron chi connectivity index (χ3n) is 5.00. The van der Waals surface area contributed by atoms with Gasteiger partial charge in [-0.3, -0.25) is 9.78 Å². The Kier molecular flexibility index (Phi) is 5.72. The summed E-state index contributed by atoms with van der Waals surface area (Å²) in [5, 5.41) is 3.38. The normalized spacial score (nSPS) is 10.9. The van der Waals surface area contributed by atoms with Gasteiger partial charge in [-0.15, -0.1) is 0 Å². The highest BCUT2D eigenvalue weighted by Gasteiger charge is 2.18. The molecule has 32 heavy (non-hydrogen) atoms. The van der Waals surface area contributed by atoms with Gasteiger partial charge >= 0.3 is 0 Å². The Hall–Kier alpha value is -4.01. The molecule has 4 rings (SSSR count). The van der Waals surface area contributed by atoms with E-state index < -0.39 is 11.6 Å². The summed E-state index contributed by atoms with van der Waals surface area (Å²) in [7, 11) is 4.71. The highest BCUT2D eigenvalue weighted by molar-refractivity contribution is 5.95. The fourth-order valence-corrected chi connectivity index (χ4v) is 3.55. The van der Waals surface area contributed by atoms with Crippen LogP contribution in [0.5, 0.6) is 11.5 Å². The van der Waals surface area contributed by atoms with Crippen LogP contribution >= 0.6 is 0 Å². The van der Waals surface area contributed by atoms with Gasteiger partial charge in [0.1, 0.15) is 28.7 Å². The molecule has 0 atom stereocenters. The van der Waals surface area contributed by atoms with Gasteiger partial charge in [-0.1, -0.05) is 6.07 Å². The summed E-state index contributed by atoms with van der Waals surface area (Å²) < 4.78 is 37.7. The first-order valence-corrected chi connectivity index (χ1v) is 9.70. The van der Waals surface area contributed by atoms with Gasteiger partial charge in [-0.2, -0.15) is 0 Å². The summed E-state index contributed by atoms with van der Waals surface area (Å²) in [4.78, 5) is 24.4. The lowest BCUT2D eigenvalue weighted by atomic mass is 10.1. The van der Waals surface area contributed by atoms with Crippen molar-refractivity contribution in [2.45, 2.75) is 6.42 Å². The van der Waals surface area contributed by atoms with E-state index in [0.29, 0.717) is 51.6 Å². The summed E-state index contributed by atoms with van der Waals surface area (Å²) in [6.07, 6.45) is 1.88. The van der Waals surface area contributed by atoms with Gasteiger partial charge in [0.2, 0.25) is 0 Å². The third kappa shape index (κ3) is 3.96. The van der Waals surface area contributed by atoms with E-state index in [1.807, 2.05) is 0 Å². The van der Waals surface area contributed by atoms with E-state index in [1.54, 1.807) is 31.4 Å². The molecule has 2 aromatic heterocycles. The minimum atomic E-state index is -0.670. The number of pyridine rings is 1. The molecule has 9 heteroatoms. The first-order valence-electron chi connectivity index (χ1n) is 9.70. The molecule has 164 valence electrons. The number of rotatable bonds is 6. The molecule has 0 aliphatic heterocycles. The van der Waals surface area contributed by atoms with Crippen LogP contribution in [0.15, 0.2) is 47.4 Å². The number of hydrogen-bond acceptors (Lipinski definition) is 6. The molecule has 2 aromatic carbocycles. The van der Waals surface area contributed by atoms with Crippen molar-refractivity contribution in [3.05, 3.63) is 76.0 Å². The predicted molar refractivity (Wildman–Crippen MR) is 117 cm³/mol. The van der Waals surface area contributed by atoms with Crippen LogP contribution in [0, 0.1) is 11.6 Å². The smallest absolute Gasteiger partial charge is 0.258 e. The molecule has 0 fully saturated rings. The minimum Gasteiger partial charge on any atom is -0.493 e. The monoisotopic (exact) mass is 438 g/mol. The van der Waals surface area contributed by atoms with Gasteiger partial charge < -0.3 is 19.8 Å². The Morgan fingerprint density at radius 3 is 2.41 bits per heavy atom. The maximum absolute atomic E-state index is 13.5. The quantitative estimate of drug-likeness (QED) is 0.475. The zero-order valence-electron chi connectivity index (χ0n) is 17.6. The van der Waals surface area contributed by atoms with Crippen LogP contribution in [-0.2, 0) is 6.42 Å². The lowest BCUT2D eigenvalue weighted by molar-refractivity contribution is 0.357. The molecule has 0 saturated heterocycles. The zero-order valence-corrected chi connectivity index (χ0v) is 17.6. The van der Waals surface area contributed by atoms with Crippen LogP contribution in [-0.4, -0.2) is 36.2 Å². The van der Waals surface area contributed by atoms with E-state index in [2.05, 4.69) is 20.3 Å². The molecule has 0 unspecified atom stereocenters. The van der Waals surface area contributed by atoms with Crippen LogP contribution in [0.3, 0.4) is 0 Å². The zero-order chi connectivity index (χ0) is 22.8. The number of aromatic amines is 1. The number of nitrogens with one attached hydrogen (secondary N) is 2. The van der Waals surface area contributed by atoms with Gasteiger partial charge in [0.25, 0.3) is 5.56 Å². The van der Waals surface area contributed by atoms with E-state index in [1.165, 1.54) is 26.4 Å². The summed E-state index contributed by atoms with van der Waals surface area (Å²) in [6, 6.07) is 8.25.